The number of halogens is 3. The average molecular weight is 291 g/mol. The molecule has 0 aliphatic carbocycles. The summed E-state index contributed by atoms with van der Waals surface area (Å²) in [7, 11) is 0. The maximum Gasteiger partial charge on any atom is 0.411 e. The Balaban J connectivity index is 1.86. The van der Waals surface area contributed by atoms with Crippen molar-refractivity contribution in [2.45, 2.75) is 18.7 Å². The second-order valence-corrected chi connectivity index (χ2v) is 5.18. The molecule has 0 aliphatic heterocycles. The quantitative estimate of drug-likeness (QED) is 0.921. The molecule has 0 saturated carbocycles. The highest BCUT2D eigenvalue weighted by molar-refractivity contribution is 7.18. The lowest BCUT2D eigenvalue weighted by molar-refractivity contribution is -0.179. The molecule has 0 radical (unpaired) electrons. The zero-order chi connectivity index (χ0) is 13.9. The lowest BCUT2D eigenvalue weighted by atomic mass is 10.3. The van der Waals surface area contributed by atoms with Crippen LogP contribution in [-0.4, -0.2) is 35.6 Å². The van der Waals surface area contributed by atoms with Crippen LogP contribution in [0.5, 0.6) is 0 Å². The Morgan fingerprint density at radius 1 is 1.32 bits per heavy atom. The van der Waals surface area contributed by atoms with Gasteiger partial charge in [-0.15, -0.1) is 11.3 Å². The van der Waals surface area contributed by atoms with E-state index in [1.165, 1.54) is 11.3 Å². The highest BCUT2D eigenvalue weighted by Gasteiger charge is 2.27. The highest BCUT2D eigenvalue weighted by atomic mass is 32.1. The lowest BCUT2D eigenvalue weighted by Crippen LogP contribution is -2.24. The zero-order valence-electron chi connectivity index (χ0n) is 9.85. The minimum Gasteiger partial charge on any atom is -0.390 e. The topological polar surface area (TPSA) is 42.4 Å². The van der Waals surface area contributed by atoms with Crippen LogP contribution in [-0.2, 0) is 11.2 Å². The summed E-state index contributed by atoms with van der Waals surface area (Å²) >= 11 is 1.42. The summed E-state index contributed by atoms with van der Waals surface area (Å²) in [4.78, 5) is 4.29. The van der Waals surface area contributed by atoms with Crippen molar-refractivity contribution in [1.29, 1.82) is 0 Å². The summed E-state index contributed by atoms with van der Waals surface area (Å²) in [5.74, 6) is 0. The van der Waals surface area contributed by atoms with Gasteiger partial charge in [0.2, 0.25) is 0 Å². The number of para-hydroxylation sites is 1. The van der Waals surface area contributed by atoms with E-state index in [0.29, 0.717) is 5.01 Å². The first-order chi connectivity index (χ1) is 8.94. The molecule has 1 aromatic carbocycles. The van der Waals surface area contributed by atoms with Gasteiger partial charge < -0.3 is 9.84 Å². The molecule has 104 valence electrons. The normalized spacial score (nSPS) is 13.9. The third-order valence-electron chi connectivity index (χ3n) is 2.32. The molecule has 1 heterocycles. The molecule has 0 aliphatic rings. The van der Waals surface area contributed by atoms with Crippen LogP contribution in [0.2, 0.25) is 0 Å². The second-order valence-electron chi connectivity index (χ2n) is 4.06. The van der Waals surface area contributed by atoms with Crippen molar-refractivity contribution in [1.82, 2.24) is 4.98 Å². The van der Waals surface area contributed by atoms with Gasteiger partial charge in [-0.25, -0.2) is 4.98 Å². The average Bonchev–Trinajstić information content (AvgIpc) is 2.68. The predicted molar refractivity (Wildman–Crippen MR) is 66.2 cm³/mol. The molecule has 1 atom stereocenters. The highest BCUT2D eigenvalue weighted by Crippen LogP contribution is 2.22. The first-order valence-electron chi connectivity index (χ1n) is 5.61. The van der Waals surface area contributed by atoms with E-state index in [-0.39, 0.29) is 13.0 Å². The van der Waals surface area contributed by atoms with Crippen molar-refractivity contribution in [2.24, 2.45) is 0 Å². The van der Waals surface area contributed by atoms with E-state index in [2.05, 4.69) is 9.72 Å². The van der Waals surface area contributed by atoms with Crippen molar-refractivity contribution in [3.05, 3.63) is 29.3 Å². The second kappa shape index (κ2) is 5.85. The molecule has 2 aromatic rings. The van der Waals surface area contributed by atoms with Crippen LogP contribution in [0.25, 0.3) is 10.2 Å². The summed E-state index contributed by atoms with van der Waals surface area (Å²) in [5, 5.41) is 10.3. The Bertz CT molecular complexity index is 508. The number of hydrogen-bond donors (Lipinski definition) is 1. The van der Waals surface area contributed by atoms with Crippen molar-refractivity contribution < 1.29 is 23.0 Å². The van der Waals surface area contributed by atoms with Gasteiger partial charge >= 0.3 is 6.18 Å². The van der Waals surface area contributed by atoms with Crippen LogP contribution in [0.1, 0.15) is 5.01 Å². The first-order valence-corrected chi connectivity index (χ1v) is 6.43. The van der Waals surface area contributed by atoms with Gasteiger partial charge in [-0.05, 0) is 12.1 Å². The molecule has 0 amide bonds. The Morgan fingerprint density at radius 2 is 2.05 bits per heavy atom. The van der Waals surface area contributed by atoms with Gasteiger partial charge in [-0.3, -0.25) is 0 Å². The molecule has 3 nitrogen and oxygen atoms in total. The van der Waals surface area contributed by atoms with E-state index in [4.69, 9.17) is 0 Å². The number of ether oxygens (including phenoxy) is 1. The zero-order valence-corrected chi connectivity index (χ0v) is 10.7. The number of aromatic nitrogens is 1. The van der Waals surface area contributed by atoms with E-state index in [1.807, 2.05) is 24.3 Å². The number of benzene rings is 1. The van der Waals surface area contributed by atoms with Gasteiger partial charge in [-0.1, -0.05) is 12.1 Å². The maximum absolute atomic E-state index is 11.9. The van der Waals surface area contributed by atoms with E-state index < -0.39 is 18.9 Å². The summed E-state index contributed by atoms with van der Waals surface area (Å²) in [6.07, 6.45) is -5.16. The number of nitrogens with zero attached hydrogens (tertiary/aromatic N) is 1. The fourth-order valence-electron chi connectivity index (χ4n) is 1.58. The maximum atomic E-state index is 11.9. The summed E-state index contributed by atoms with van der Waals surface area (Å²) in [6, 6.07) is 7.49. The molecule has 1 aromatic heterocycles. The van der Waals surface area contributed by atoms with E-state index >= 15 is 0 Å². The molecular formula is C12H12F3NO2S. The van der Waals surface area contributed by atoms with Crippen molar-refractivity contribution in [2.75, 3.05) is 13.2 Å². The van der Waals surface area contributed by atoms with Crippen molar-refractivity contribution >= 4 is 21.6 Å². The fraction of sp³-hybridized carbons (Fsp3) is 0.417. The predicted octanol–water partition coefficient (Wildman–Crippen LogP) is 2.78. The Kier molecular flexibility index (Phi) is 4.38. The number of aliphatic hydroxyl groups is 1. The summed E-state index contributed by atoms with van der Waals surface area (Å²) in [5.41, 5.74) is 0.825. The van der Waals surface area contributed by atoms with Crippen LogP contribution in [0, 0.1) is 0 Å². The summed E-state index contributed by atoms with van der Waals surface area (Å²) < 4.78 is 41.0. The first kappa shape index (κ1) is 14.2. The molecule has 2 rings (SSSR count). The minimum atomic E-state index is -4.37. The number of thiazole rings is 1. The third-order valence-corrected chi connectivity index (χ3v) is 3.38. The van der Waals surface area contributed by atoms with Gasteiger partial charge in [0.25, 0.3) is 0 Å². The SMILES string of the molecule is OC(COCC(F)(F)F)Cc1nc2ccccc2s1. The van der Waals surface area contributed by atoms with Gasteiger partial charge in [0.1, 0.15) is 6.61 Å². The summed E-state index contributed by atoms with van der Waals surface area (Å²) in [6.45, 7) is -1.70. The van der Waals surface area contributed by atoms with Crippen LogP contribution in [0.4, 0.5) is 13.2 Å². The number of alkyl halides is 3. The molecule has 0 bridgehead atoms. The Labute approximate surface area is 111 Å². The molecule has 0 fully saturated rings. The Hall–Kier alpha value is -1.18. The lowest BCUT2D eigenvalue weighted by Gasteiger charge is -2.11. The molecule has 0 saturated heterocycles. The molecule has 1 N–H and O–H groups in total. The van der Waals surface area contributed by atoms with Crippen LogP contribution in [0.3, 0.4) is 0 Å². The fourth-order valence-corrected chi connectivity index (χ4v) is 2.62. The molecule has 0 spiro atoms. The van der Waals surface area contributed by atoms with Crippen LogP contribution < -0.4 is 0 Å². The monoisotopic (exact) mass is 291 g/mol. The molecule has 7 heteroatoms. The smallest absolute Gasteiger partial charge is 0.390 e. The number of fused-ring (bicyclic) bond motifs is 1. The molecular weight excluding hydrogens is 279 g/mol. The Morgan fingerprint density at radius 3 is 2.74 bits per heavy atom. The van der Waals surface area contributed by atoms with E-state index in [9.17, 15) is 18.3 Å². The van der Waals surface area contributed by atoms with Crippen molar-refractivity contribution in [3.8, 4) is 0 Å². The molecule has 1 unspecified atom stereocenters. The van der Waals surface area contributed by atoms with Crippen LogP contribution in [0.15, 0.2) is 24.3 Å². The van der Waals surface area contributed by atoms with E-state index in [1.54, 1.807) is 0 Å². The number of aliphatic hydroxyl groups excluding tert-OH is 1. The molecule has 19 heavy (non-hydrogen) atoms. The van der Waals surface area contributed by atoms with Gasteiger partial charge in [0.05, 0.1) is 27.9 Å². The van der Waals surface area contributed by atoms with E-state index in [0.717, 1.165) is 10.2 Å². The number of hydrogen-bond acceptors (Lipinski definition) is 4. The van der Waals surface area contributed by atoms with Gasteiger partial charge in [-0.2, -0.15) is 13.2 Å². The number of rotatable bonds is 5. The van der Waals surface area contributed by atoms with Gasteiger partial charge in [0, 0.05) is 6.42 Å². The third kappa shape index (κ3) is 4.45. The largest absolute Gasteiger partial charge is 0.411 e. The van der Waals surface area contributed by atoms with Crippen LogP contribution >= 0.6 is 11.3 Å². The standard InChI is InChI=1S/C12H12F3NO2S/c13-12(14,15)7-18-6-8(17)5-11-16-9-3-1-2-4-10(9)19-11/h1-4,8,17H,5-7H2. The minimum absolute atomic E-state index is 0.192. The van der Waals surface area contributed by atoms with Crippen molar-refractivity contribution in [3.63, 3.8) is 0 Å². The van der Waals surface area contributed by atoms with Gasteiger partial charge in [0.15, 0.2) is 0 Å².